The van der Waals surface area contributed by atoms with Crippen molar-refractivity contribution in [3.63, 3.8) is 0 Å². The predicted octanol–water partition coefficient (Wildman–Crippen LogP) is 2.43. The summed E-state index contributed by atoms with van der Waals surface area (Å²) in [6, 6.07) is 1.83. The van der Waals surface area contributed by atoms with Gasteiger partial charge in [0.05, 0.1) is 18.0 Å². The third-order valence-electron chi connectivity index (χ3n) is 2.07. The van der Waals surface area contributed by atoms with Gasteiger partial charge in [0.2, 0.25) is 5.88 Å². The fourth-order valence-corrected chi connectivity index (χ4v) is 1.77. The van der Waals surface area contributed by atoms with E-state index in [0.717, 1.165) is 10.0 Å². The maximum atomic E-state index is 10.5. The van der Waals surface area contributed by atoms with Crippen LogP contribution in [0.5, 0.6) is 5.88 Å². The summed E-state index contributed by atoms with van der Waals surface area (Å²) in [5.74, 6) is -0.368. The molecule has 0 fully saturated rings. The number of carbonyl (C=O) groups is 1. The lowest BCUT2D eigenvalue weighted by atomic mass is 10.00. The second-order valence-corrected chi connectivity index (χ2v) is 4.11. The topological polar surface area (TPSA) is 59.4 Å². The first-order chi connectivity index (χ1) is 7.04. The summed E-state index contributed by atoms with van der Waals surface area (Å²) in [6.45, 7) is 1.85. The summed E-state index contributed by atoms with van der Waals surface area (Å²) in [5, 5.41) is 8.66. The minimum Gasteiger partial charge on any atom is -0.481 e. The Morgan fingerprint density at radius 1 is 1.73 bits per heavy atom. The quantitative estimate of drug-likeness (QED) is 0.916. The number of ether oxygens (including phenoxy) is 1. The average Bonchev–Trinajstić information content (AvgIpc) is 2.16. The van der Waals surface area contributed by atoms with Gasteiger partial charge >= 0.3 is 5.97 Å². The smallest absolute Gasteiger partial charge is 0.303 e. The maximum absolute atomic E-state index is 10.5. The number of hydrogen-bond acceptors (Lipinski definition) is 3. The van der Waals surface area contributed by atoms with Crippen LogP contribution in [0.1, 0.15) is 24.8 Å². The molecular formula is C10H12BrNO3. The minimum atomic E-state index is -0.811. The Bertz CT molecular complexity index is 368. The van der Waals surface area contributed by atoms with E-state index in [1.165, 1.54) is 7.11 Å². The highest BCUT2D eigenvalue weighted by Crippen LogP contribution is 2.27. The lowest BCUT2D eigenvalue weighted by Gasteiger charge is -2.10. The average molecular weight is 274 g/mol. The molecular weight excluding hydrogens is 262 g/mol. The van der Waals surface area contributed by atoms with Crippen molar-refractivity contribution >= 4 is 21.9 Å². The molecule has 0 bridgehead atoms. The highest BCUT2D eigenvalue weighted by Gasteiger charge is 2.12. The van der Waals surface area contributed by atoms with Crippen LogP contribution in [0.25, 0.3) is 0 Å². The zero-order valence-corrected chi connectivity index (χ0v) is 10.1. The largest absolute Gasteiger partial charge is 0.481 e. The van der Waals surface area contributed by atoms with Gasteiger partial charge < -0.3 is 9.84 Å². The molecule has 82 valence electrons. The first-order valence-corrected chi connectivity index (χ1v) is 5.25. The maximum Gasteiger partial charge on any atom is 0.303 e. The van der Waals surface area contributed by atoms with Gasteiger partial charge in [-0.2, -0.15) is 0 Å². The van der Waals surface area contributed by atoms with Crippen molar-refractivity contribution in [3.05, 3.63) is 22.3 Å². The molecule has 15 heavy (non-hydrogen) atoms. The number of halogens is 1. The summed E-state index contributed by atoms with van der Waals surface area (Å²) in [6.07, 6.45) is 1.73. The van der Waals surface area contributed by atoms with E-state index in [1.807, 2.05) is 13.0 Å². The fraction of sp³-hybridized carbons (Fsp3) is 0.400. The van der Waals surface area contributed by atoms with Crippen molar-refractivity contribution in [1.82, 2.24) is 4.98 Å². The highest BCUT2D eigenvalue weighted by atomic mass is 79.9. The molecule has 1 aromatic heterocycles. The third-order valence-corrected chi connectivity index (χ3v) is 2.64. The van der Waals surface area contributed by atoms with Crippen LogP contribution in [-0.4, -0.2) is 23.2 Å². The van der Waals surface area contributed by atoms with Gasteiger partial charge in [-0.05, 0) is 33.5 Å². The van der Waals surface area contributed by atoms with Crippen LogP contribution in [0.2, 0.25) is 0 Å². The summed E-state index contributed by atoms with van der Waals surface area (Å²) < 4.78 is 5.72. The number of hydrogen-bond donors (Lipinski definition) is 1. The second-order valence-electron chi connectivity index (χ2n) is 3.26. The van der Waals surface area contributed by atoms with Gasteiger partial charge in [-0.1, -0.05) is 6.92 Å². The molecule has 1 rings (SSSR count). The summed E-state index contributed by atoms with van der Waals surface area (Å²) >= 11 is 3.31. The van der Waals surface area contributed by atoms with Crippen molar-refractivity contribution in [2.45, 2.75) is 19.3 Å². The molecule has 0 amide bonds. The van der Waals surface area contributed by atoms with E-state index in [4.69, 9.17) is 9.84 Å². The van der Waals surface area contributed by atoms with Crippen LogP contribution < -0.4 is 4.74 Å². The Hall–Kier alpha value is -1.10. The molecule has 0 aliphatic carbocycles. The standard InChI is InChI=1S/C10H12BrNO3/c1-6(3-9(13)14)7-4-8(11)10(15-2)12-5-7/h4-6H,3H2,1-2H3,(H,13,14). The molecule has 1 atom stereocenters. The second kappa shape index (κ2) is 5.11. The molecule has 0 aromatic carbocycles. The number of carboxylic acid groups (broad SMARTS) is 1. The number of aromatic nitrogens is 1. The van der Waals surface area contributed by atoms with E-state index in [2.05, 4.69) is 20.9 Å². The SMILES string of the molecule is COc1ncc(C(C)CC(=O)O)cc1Br. The number of nitrogens with zero attached hydrogens (tertiary/aromatic N) is 1. The Balaban J connectivity index is 2.87. The Morgan fingerprint density at radius 2 is 2.40 bits per heavy atom. The lowest BCUT2D eigenvalue weighted by molar-refractivity contribution is -0.137. The highest BCUT2D eigenvalue weighted by molar-refractivity contribution is 9.10. The van der Waals surface area contributed by atoms with E-state index in [1.54, 1.807) is 6.20 Å². The third kappa shape index (κ3) is 3.20. The monoisotopic (exact) mass is 273 g/mol. The number of pyridine rings is 1. The minimum absolute atomic E-state index is 0.0581. The van der Waals surface area contributed by atoms with Crippen molar-refractivity contribution < 1.29 is 14.6 Å². The zero-order valence-electron chi connectivity index (χ0n) is 8.53. The van der Waals surface area contributed by atoms with Crippen molar-refractivity contribution in [3.8, 4) is 5.88 Å². The number of carboxylic acids is 1. The van der Waals surface area contributed by atoms with E-state index in [0.29, 0.717) is 5.88 Å². The summed E-state index contributed by atoms with van der Waals surface area (Å²) in [7, 11) is 1.54. The first kappa shape index (κ1) is 12.0. The zero-order chi connectivity index (χ0) is 11.4. The van der Waals surface area contributed by atoms with E-state index >= 15 is 0 Å². The van der Waals surface area contributed by atoms with Crippen LogP contribution in [0, 0.1) is 0 Å². The van der Waals surface area contributed by atoms with Crippen LogP contribution in [-0.2, 0) is 4.79 Å². The normalized spacial score (nSPS) is 12.2. The molecule has 4 nitrogen and oxygen atoms in total. The van der Waals surface area contributed by atoms with Crippen molar-refractivity contribution in [1.29, 1.82) is 0 Å². The van der Waals surface area contributed by atoms with Gasteiger partial charge in [0.25, 0.3) is 0 Å². The van der Waals surface area contributed by atoms with Gasteiger partial charge in [0, 0.05) is 6.20 Å². The number of aliphatic carboxylic acids is 1. The molecule has 0 spiro atoms. The molecule has 5 heteroatoms. The molecule has 0 saturated heterocycles. The molecule has 1 aromatic rings. The van der Waals surface area contributed by atoms with Crippen molar-refractivity contribution in [2.75, 3.05) is 7.11 Å². The molecule has 1 unspecified atom stereocenters. The Kier molecular flexibility index (Phi) is 4.08. The van der Waals surface area contributed by atoms with Crippen LogP contribution in [0.4, 0.5) is 0 Å². The summed E-state index contributed by atoms with van der Waals surface area (Å²) in [4.78, 5) is 14.6. The van der Waals surface area contributed by atoms with Crippen LogP contribution in [0.3, 0.4) is 0 Å². The van der Waals surface area contributed by atoms with Crippen molar-refractivity contribution in [2.24, 2.45) is 0 Å². The Morgan fingerprint density at radius 3 is 2.87 bits per heavy atom. The molecule has 0 aliphatic rings. The van der Waals surface area contributed by atoms with Gasteiger partial charge in [-0.25, -0.2) is 4.98 Å². The molecule has 1 N–H and O–H groups in total. The predicted molar refractivity (Wildman–Crippen MR) is 59.2 cm³/mol. The van der Waals surface area contributed by atoms with Gasteiger partial charge in [0.15, 0.2) is 0 Å². The molecule has 0 saturated carbocycles. The van der Waals surface area contributed by atoms with Gasteiger partial charge in [-0.15, -0.1) is 0 Å². The van der Waals surface area contributed by atoms with E-state index in [-0.39, 0.29) is 12.3 Å². The van der Waals surface area contributed by atoms with Crippen LogP contribution >= 0.6 is 15.9 Å². The number of rotatable bonds is 4. The molecule has 1 heterocycles. The lowest BCUT2D eigenvalue weighted by Crippen LogP contribution is -2.03. The first-order valence-electron chi connectivity index (χ1n) is 4.45. The van der Waals surface area contributed by atoms with E-state index in [9.17, 15) is 4.79 Å². The van der Waals surface area contributed by atoms with Gasteiger partial charge in [-0.3, -0.25) is 4.79 Å². The van der Waals surface area contributed by atoms with Crippen LogP contribution in [0.15, 0.2) is 16.7 Å². The van der Waals surface area contributed by atoms with Gasteiger partial charge in [0.1, 0.15) is 0 Å². The molecule has 0 radical (unpaired) electrons. The number of methoxy groups -OCH3 is 1. The molecule has 0 aliphatic heterocycles. The van der Waals surface area contributed by atoms with E-state index < -0.39 is 5.97 Å². The Labute approximate surface area is 96.4 Å². The summed E-state index contributed by atoms with van der Waals surface area (Å²) in [5.41, 5.74) is 0.880. The fourth-order valence-electron chi connectivity index (χ4n) is 1.24.